The van der Waals surface area contributed by atoms with E-state index in [4.69, 9.17) is 10.6 Å². The molecule has 0 aromatic rings. The summed E-state index contributed by atoms with van der Waals surface area (Å²) in [6, 6.07) is 0. The Labute approximate surface area is 66.7 Å². The summed E-state index contributed by atoms with van der Waals surface area (Å²) >= 11 is 1.53. The van der Waals surface area contributed by atoms with Gasteiger partial charge in [-0.2, -0.15) is 0 Å². The van der Waals surface area contributed by atoms with E-state index in [9.17, 15) is 0 Å². The van der Waals surface area contributed by atoms with Gasteiger partial charge in [-0.05, 0) is 32.3 Å². The Morgan fingerprint density at radius 2 is 2.40 bits per heavy atom. The SMILES string of the molecule is C#CC1CCSOC1(C)C. The van der Waals surface area contributed by atoms with Crippen molar-refractivity contribution in [2.24, 2.45) is 5.92 Å². The van der Waals surface area contributed by atoms with Crippen molar-refractivity contribution >= 4 is 12.0 Å². The fraction of sp³-hybridized carbons (Fsp3) is 0.750. The smallest absolute Gasteiger partial charge is 0.0910 e. The number of terminal acetylenes is 1. The third-order valence-electron chi connectivity index (χ3n) is 1.80. The van der Waals surface area contributed by atoms with E-state index in [0.717, 1.165) is 12.2 Å². The predicted molar refractivity (Wildman–Crippen MR) is 44.6 cm³/mol. The van der Waals surface area contributed by atoms with Gasteiger partial charge in [-0.25, -0.2) is 0 Å². The largest absolute Gasteiger partial charge is 0.308 e. The molecule has 0 bridgehead atoms. The molecule has 1 atom stereocenters. The van der Waals surface area contributed by atoms with E-state index in [1.165, 1.54) is 12.0 Å². The predicted octanol–water partition coefficient (Wildman–Crippen LogP) is 2.08. The number of hydrogen-bond donors (Lipinski definition) is 0. The summed E-state index contributed by atoms with van der Waals surface area (Å²) in [7, 11) is 0. The fourth-order valence-corrected chi connectivity index (χ4v) is 1.88. The Bertz CT molecular complexity index is 157. The van der Waals surface area contributed by atoms with E-state index < -0.39 is 0 Å². The highest BCUT2D eigenvalue weighted by Gasteiger charge is 2.32. The van der Waals surface area contributed by atoms with Gasteiger partial charge >= 0.3 is 0 Å². The summed E-state index contributed by atoms with van der Waals surface area (Å²) in [4.78, 5) is 0. The first-order valence-electron chi connectivity index (χ1n) is 3.43. The Balaban J connectivity index is 2.62. The lowest BCUT2D eigenvalue weighted by Crippen LogP contribution is -2.35. The molecule has 0 aliphatic carbocycles. The van der Waals surface area contributed by atoms with Crippen LogP contribution in [0.4, 0.5) is 0 Å². The van der Waals surface area contributed by atoms with Gasteiger partial charge < -0.3 is 4.18 Å². The van der Waals surface area contributed by atoms with Crippen molar-refractivity contribution in [2.45, 2.75) is 25.9 Å². The van der Waals surface area contributed by atoms with Gasteiger partial charge in [-0.3, -0.25) is 0 Å². The monoisotopic (exact) mass is 156 g/mol. The molecule has 0 aromatic heterocycles. The molecule has 1 rings (SSSR count). The van der Waals surface area contributed by atoms with Crippen molar-refractivity contribution in [2.75, 3.05) is 5.75 Å². The third kappa shape index (κ3) is 1.47. The Hall–Kier alpha value is -0.130. The molecule has 2 heteroatoms. The molecule has 0 saturated carbocycles. The Morgan fingerprint density at radius 3 is 2.80 bits per heavy atom. The fourth-order valence-electron chi connectivity index (χ4n) is 1.05. The molecule has 1 saturated heterocycles. The molecule has 1 aliphatic rings. The third-order valence-corrected chi connectivity index (χ3v) is 2.75. The summed E-state index contributed by atoms with van der Waals surface area (Å²) in [6.07, 6.45) is 6.42. The van der Waals surface area contributed by atoms with Gasteiger partial charge in [0.2, 0.25) is 0 Å². The molecular weight excluding hydrogens is 144 g/mol. The molecule has 1 aliphatic heterocycles. The molecule has 1 unspecified atom stereocenters. The molecule has 0 N–H and O–H groups in total. The molecule has 1 heterocycles. The molecule has 56 valence electrons. The molecule has 1 fully saturated rings. The van der Waals surface area contributed by atoms with E-state index >= 15 is 0 Å². The minimum atomic E-state index is -0.127. The maximum atomic E-state index is 5.44. The highest BCUT2D eigenvalue weighted by molar-refractivity contribution is 7.94. The van der Waals surface area contributed by atoms with Crippen LogP contribution >= 0.6 is 12.0 Å². The molecule has 0 aromatic carbocycles. The van der Waals surface area contributed by atoms with Crippen LogP contribution in [0.1, 0.15) is 20.3 Å². The normalized spacial score (nSPS) is 31.1. The first-order chi connectivity index (χ1) is 4.67. The van der Waals surface area contributed by atoms with Gasteiger partial charge in [-0.1, -0.05) is 0 Å². The minimum absolute atomic E-state index is 0.127. The zero-order valence-corrected chi connectivity index (χ0v) is 7.20. The lowest BCUT2D eigenvalue weighted by atomic mass is 9.89. The van der Waals surface area contributed by atoms with Crippen LogP contribution < -0.4 is 0 Å². The van der Waals surface area contributed by atoms with Crippen LogP contribution in [-0.2, 0) is 4.18 Å². The molecular formula is C8H12OS. The van der Waals surface area contributed by atoms with Crippen LogP contribution in [0.3, 0.4) is 0 Å². The van der Waals surface area contributed by atoms with E-state index in [-0.39, 0.29) is 11.5 Å². The molecule has 0 amide bonds. The standard InChI is InChI=1S/C8H12OS/c1-4-7-5-6-10-9-8(7,2)3/h1,7H,5-6H2,2-3H3. The van der Waals surface area contributed by atoms with Crippen LogP contribution in [0.15, 0.2) is 0 Å². The minimum Gasteiger partial charge on any atom is -0.308 e. The van der Waals surface area contributed by atoms with E-state index in [1.54, 1.807) is 0 Å². The highest BCUT2D eigenvalue weighted by Crippen LogP contribution is 2.34. The van der Waals surface area contributed by atoms with E-state index in [2.05, 4.69) is 5.92 Å². The van der Waals surface area contributed by atoms with Crippen LogP contribution in [0, 0.1) is 18.3 Å². The lowest BCUT2D eigenvalue weighted by molar-refractivity contribution is 0.0816. The molecule has 10 heavy (non-hydrogen) atoms. The Kier molecular flexibility index (Phi) is 2.28. The van der Waals surface area contributed by atoms with Crippen molar-refractivity contribution in [1.29, 1.82) is 0 Å². The van der Waals surface area contributed by atoms with E-state index in [0.29, 0.717) is 0 Å². The van der Waals surface area contributed by atoms with Crippen molar-refractivity contribution in [3.8, 4) is 12.3 Å². The van der Waals surface area contributed by atoms with Gasteiger partial charge in [0.05, 0.1) is 11.5 Å². The van der Waals surface area contributed by atoms with Gasteiger partial charge in [-0.15, -0.1) is 12.3 Å². The maximum Gasteiger partial charge on any atom is 0.0910 e. The maximum absolute atomic E-state index is 5.44. The van der Waals surface area contributed by atoms with Crippen LogP contribution in [-0.4, -0.2) is 11.4 Å². The zero-order chi connectivity index (χ0) is 7.61. The van der Waals surface area contributed by atoms with Crippen molar-refractivity contribution in [1.82, 2.24) is 0 Å². The summed E-state index contributed by atoms with van der Waals surface area (Å²) in [5.41, 5.74) is -0.127. The van der Waals surface area contributed by atoms with Gasteiger partial charge in [0.1, 0.15) is 0 Å². The van der Waals surface area contributed by atoms with Crippen molar-refractivity contribution in [3.05, 3.63) is 0 Å². The second-order valence-corrected chi connectivity index (χ2v) is 3.83. The topological polar surface area (TPSA) is 9.23 Å². The molecule has 0 spiro atoms. The van der Waals surface area contributed by atoms with Gasteiger partial charge in [0.15, 0.2) is 0 Å². The first kappa shape index (κ1) is 7.97. The average molecular weight is 156 g/mol. The highest BCUT2D eigenvalue weighted by atomic mass is 32.2. The summed E-state index contributed by atoms with van der Waals surface area (Å²) in [5.74, 6) is 4.07. The van der Waals surface area contributed by atoms with Gasteiger partial charge in [0, 0.05) is 5.75 Å². The van der Waals surface area contributed by atoms with E-state index in [1.807, 2.05) is 13.8 Å². The number of hydrogen-bond acceptors (Lipinski definition) is 2. The second kappa shape index (κ2) is 2.86. The quantitative estimate of drug-likeness (QED) is 0.392. The summed E-state index contributed by atoms with van der Waals surface area (Å²) in [6.45, 7) is 4.09. The summed E-state index contributed by atoms with van der Waals surface area (Å²) < 4.78 is 5.44. The zero-order valence-electron chi connectivity index (χ0n) is 6.39. The lowest BCUT2D eigenvalue weighted by Gasteiger charge is -2.33. The van der Waals surface area contributed by atoms with Gasteiger partial charge in [0.25, 0.3) is 0 Å². The second-order valence-electron chi connectivity index (χ2n) is 3.02. The van der Waals surface area contributed by atoms with Crippen LogP contribution in [0.25, 0.3) is 0 Å². The average Bonchev–Trinajstić information content (AvgIpc) is 1.87. The van der Waals surface area contributed by atoms with Crippen LogP contribution in [0.5, 0.6) is 0 Å². The van der Waals surface area contributed by atoms with Crippen molar-refractivity contribution < 1.29 is 4.18 Å². The Morgan fingerprint density at radius 1 is 1.70 bits per heavy atom. The number of rotatable bonds is 0. The van der Waals surface area contributed by atoms with Crippen LogP contribution in [0.2, 0.25) is 0 Å². The first-order valence-corrected chi connectivity index (χ1v) is 4.34. The molecule has 1 nitrogen and oxygen atoms in total. The summed E-state index contributed by atoms with van der Waals surface area (Å²) in [5, 5.41) is 0. The molecule has 0 radical (unpaired) electrons. The van der Waals surface area contributed by atoms with Crippen molar-refractivity contribution in [3.63, 3.8) is 0 Å².